The molecule has 31 heavy (non-hydrogen) atoms. The van der Waals surface area contributed by atoms with Crippen molar-refractivity contribution in [1.82, 2.24) is 25.2 Å². The number of aryl methyl sites for hydroxylation is 1. The Kier molecular flexibility index (Phi) is 6.42. The lowest BCUT2D eigenvalue weighted by atomic mass is 10.2. The van der Waals surface area contributed by atoms with Crippen molar-refractivity contribution >= 4 is 17.5 Å². The fourth-order valence-electron chi connectivity index (χ4n) is 3.02. The zero-order chi connectivity index (χ0) is 21.6. The first-order chi connectivity index (χ1) is 15.1. The average molecular weight is 442 g/mol. The van der Waals surface area contributed by atoms with Crippen molar-refractivity contribution in [3.8, 4) is 23.0 Å². The van der Waals surface area contributed by atoms with Gasteiger partial charge in [-0.3, -0.25) is 4.79 Å². The standard InChI is InChI=1S/C21H20ClN5O4/c1-2-11-27(13-18-24-25-21(30-18)14-6-3-4-7-15(14)22)19(28)10-9-17-23-20(26-31-17)16-8-5-12-29-16/h3-8,12H,2,9-11,13H2,1H3. The first kappa shape index (κ1) is 20.8. The van der Waals surface area contributed by atoms with Gasteiger partial charge in [-0.15, -0.1) is 10.2 Å². The Hall–Kier alpha value is -3.46. The number of furan rings is 1. The Morgan fingerprint density at radius 2 is 2.00 bits per heavy atom. The van der Waals surface area contributed by atoms with Crippen LogP contribution in [0.5, 0.6) is 0 Å². The molecule has 4 aromatic rings. The number of amides is 1. The number of rotatable bonds is 9. The summed E-state index contributed by atoms with van der Waals surface area (Å²) >= 11 is 6.19. The molecule has 160 valence electrons. The molecule has 0 bridgehead atoms. The van der Waals surface area contributed by atoms with Gasteiger partial charge in [0.05, 0.1) is 23.4 Å². The Labute approximate surface area is 183 Å². The van der Waals surface area contributed by atoms with Crippen molar-refractivity contribution in [2.45, 2.75) is 32.7 Å². The molecule has 1 amide bonds. The highest BCUT2D eigenvalue weighted by atomic mass is 35.5. The predicted octanol–water partition coefficient (Wildman–Crippen LogP) is 4.40. The van der Waals surface area contributed by atoms with Crippen LogP contribution in [0.2, 0.25) is 5.02 Å². The third-order valence-corrected chi connectivity index (χ3v) is 4.84. The van der Waals surface area contributed by atoms with E-state index in [0.717, 1.165) is 6.42 Å². The third-order valence-electron chi connectivity index (χ3n) is 4.51. The van der Waals surface area contributed by atoms with Gasteiger partial charge in [-0.25, -0.2) is 0 Å². The topological polar surface area (TPSA) is 111 Å². The number of benzene rings is 1. The van der Waals surface area contributed by atoms with Gasteiger partial charge in [-0.1, -0.05) is 35.8 Å². The maximum Gasteiger partial charge on any atom is 0.249 e. The van der Waals surface area contributed by atoms with E-state index in [1.807, 2.05) is 19.1 Å². The fourth-order valence-corrected chi connectivity index (χ4v) is 3.24. The first-order valence-corrected chi connectivity index (χ1v) is 10.2. The maximum absolute atomic E-state index is 12.8. The van der Waals surface area contributed by atoms with Gasteiger partial charge >= 0.3 is 0 Å². The first-order valence-electron chi connectivity index (χ1n) is 9.85. The predicted molar refractivity (Wildman–Crippen MR) is 111 cm³/mol. The molecule has 9 nitrogen and oxygen atoms in total. The molecule has 0 atom stereocenters. The molecule has 0 fully saturated rings. The molecule has 0 N–H and O–H groups in total. The largest absolute Gasteiger partial charge is 0.461 e. The van der Waals surface area contributed by atoms with Crippen LogP contribution in [0.4, 0.5) is 0 Å². The lowest BCUT2D eigenvalue weighted by molar-refractivity contribution is -0.132. The van der Waals surface area contributed by atoms with E-state index in [4.69, 9.17) is 25.0 Å². The Morgan fingerprint density at radius 1 is 1.13 bits per heavy atom. The van der Waals surface area contributed by atoms with Crippen molar-refractivity contribution < 1.29 is 18.2 Å². The van der Waals surface area contributed by atoms with E-state index >= 15 is 0 Å². The van der Waals surface area contributed by atoms with Gasteiger partial charge in [-0.2, -0.15) is 4.98 Å². The summed E-state index contributed by atoms with van der Waals surface area (Å²) in [7, 11) is 0. The van der Waals surface area contributed by atoms with Crippen LogP contribution in [-0.2, 0) is 17.8 Å². The molecule has 0 saturated carbocycles. The van der Waals surface area contributed by atoms with Gasteiger partial charge in [0.25, 0.3) is 0 Å². The van der Waals surface area contributed by atoms with E-state index in [1.54, 1.807) is 29.2 Å². The molecule has 4 rings (SSSR count). The summed E-state index contributed by atoms with van der Waals surface area (Å²) < 4.78 is 16.2. The number of aromatic nitrogens is 4. The molecule has 0 radical (unpaired) electrons. The third kappa shape index (κ3) is 5.00. The highest BCUT2D eigenvalue weighted by Gasteiger charge is 2.19. The van der Waals surface area contributed by atoms with Gasteiger partial charge in [0, 0.05) is 19.4 Å². The van der Waals surface area contributed by atoms with Gasteiger partial charge in [0.2, 0.25) is 29.4 Å². The summed E-state index contributed by atoms with van der Waals surface area (Å²) in [5, 5.41) is 12.5. The smallest absolute Gasteiger partial charge is 0.249 e. The Morgan fingerprint density at radius 3 is 2.77 bits per heavy atom. The molecule has 0 aliphatic heterocycles. The summed E-state index contributed by atoms with van der Waals surface area (Å²) in [6, 6.07) is 10.7. The van der Waals surface area contributed by atoms with Crippen molar-refractivity contribution in [3.05, 3.63) is 59.5 Å². The molecular weight excluding hydrogens is 422 g/mol. The minimum absolute atomic E-state index is 0.0721. The molecule has 3 aromatic heterocycles. The number of carbonyl (C=O) groups excluding carboxylic acids is 1. The van der Waals surface area contributed by atoms with Gasteiger partial charge in [-0.05, 0) is 30.7 Å². The zero-order valence-electron chi connectivity index (χ0n) is 16.8. The van der Waals surface area contributed by atoms with Crippen LogP contribution >= 0.6 is 11.6 Å². The van der Waals surface area contributed by atoms with E-state index in [9.17, 15) is 4.79 Å². The second kappa shape index (κ2) is 9.57. The van der Waals surface area contributed by atoms with Crippen LogP contribution in [0.1, 0.15) is 31.5 Å². The van der Waals surface area contributed by atoms with E-state index in [1.165, 1.54) is 6.26 Å². The molecule has 3 heterocycles. The van der Waals surface area contributed by atoms with Gasteiger partial charge in [0.1, 0.15) is 0 Å². The molecule has 10 heteroatoms. The van der Waals surface area contributed by atoms with E-state index in [0.29, 0.717) is 52.8 Å². The lowest BCUT2D eigenvalue weighted by Crippen LogP contribution is -2.31. The summed E-state index contributed by atoms with van der Waals surface area (Å²) in [4.78, 5) is 18.7. The number of nitrogens with zero attached hydrogens (tertiary/aromatic N) is 5. The highest BCUT2D eigenvalue weighted by Crippen LogP contribution is 2.26. The van der Waals surface area contributed by atoms with E-state index in [2.05, 4.69) is 20.3 Å². The molecule has 0 aliphatic rings. The van der Waals surface area contributed by atoms with Crippen LogP contribution in [0.25, 0.3) is 23.0 Å². The van der Waals surface area contributed by atoms with Crippen LogP contribution in [0, 0.1) is 0 Å². The van der Waals surface area contributed by atoms with E-state index in [-0.39, 0.29) is 18.9 Å². The van der Waals surface area contributed by atoms with Crippen molar-refractivity contribution in [3.63, 3.8) is 0 Å². The second-order valence-electron chi connectivity index (χ2n) is 6.79. The summed E-state index contributed by atoms with van der Waals surface area (Å²) in [6.07, 6.45) is 2.86. The number of hydrogen-bond donors (Lipinski definition) is 0. The van der Waals surface area contributed by atoms with Crippen LogP contribution in [-0.4, -0.2) is 37.7 Å². The summed E-state index contributed by atoms with van der Waals surface area (Å²) in [6.45, 7) is 2.77. The molecule has 0 unspecified atom stereocenters. The molecule has 0 aliphatic carbocycles. The van der Waals surface area contributed by atoms with Crippen molar-refractivity contribution in [2.75, 3.05) is 6.54 Å². The van der Waals surface area contributed by atoms with Crippen molar-refractivity contribution in [2.24, 2.45) is 0 Å². The quantitative estimate of drug-likeness (QED) is 0.375. The highest BCUT2D eigenvalue weighted by molar-refractivity contribution is 6.33. The van der Waals surface area contributed by atoms with Gasteiger partial charge in [0.15, 0.2) is 5.76 Å². The number of hydrogen-bond acceptors (Lipinski definition) is 8. The lowest BCUT2D eigenvalue weighted by Gasteiger charge is -2.19. The molecule has 0 saturated heterocycles. The molecule has 0 spiro atoms. The monoisotopic (exact) mass is 441 g/mol. The van der Waals surface area contributed by atoms with Gasteiger partial charge < -0.3 is 18.3 Å². The number of carbonyl (C=O) groups is 1. The summed E-state index contributed by atoms with van der Waals surface area (Å²) in [5.74, 6) is 1.83. The minimum Gasteiger partial charge on any atom is -0.461 e. The van der Waals surface area contributed by atoms with Crippen molar-refractivity contribution in [1.29, 1.82) is 0 Å². The van der Waals surface area contributed by atoms with E-state index < -0.39 is 0 Å². The average Bonchev–Trinajstić information content (AvgIpc) is 3.53. The molecule has 1 aromatic carbocycles. The minimum atomic E-state index is -0.0721. The van der Waals surface area contributed by atoms with Crippen LogP contribution in [0.3, 0.4) is 0 Å². The maximum atomic E-state index is 12.8. The SMILES string of the molecule is CCCN(Cc1nnc(-c2ccccc2Cl)o1)C(=O)CCc1nc(-c2ccco2)no1. The Balaban J connectivity index is 1.38. The molecular formula is C21H20ClN5O4. The number of halogens is 1. The van der Waals surface area contributed by atoms with Crippen LogP contribution < -0.4 is 0 Å². The Bertz CT molecular complexity index is 1140. The summed E-state index contributed by atoms with van der Waals surface area (Å²) in [5.41, 5.74) is 0.653. The normalized spacial score (nSPS) is 11.0. The zero-order valence-corrected chi connectivity index (χ0v) is 17.6. The second-order valence-corrected chi connectivity index (χ2v) is 7.19. The van der Waals surface area contributed by atoms with Crippen LogP contribution in [0.15, 0.2) is 56.0 Å². The fraction of sp³-hybridized carbons (Fsp3) is 0.286.